The summed E-state index contributed by atoms with van der Waals surface area (Å²) in [5.41, 5.74) is 0.922. The second-order valence-electron chi connectivity index (χ2n) is 2.29. The molecule has 0 unspecified atom stereocenters. The van der Waals surface area contributed by atoms with Crippen LogP contribution < -0.4 is 0 Å². The molecule has 0 saturated heterocycles. The molecule has 1 rings (SSSR count). The van der Waals surface area contributed by atoms with Crippen molar-refractivity contribution in [2.45, 2.75) is 0 Å². The van der Waals surface area contributed by atoms with Crippen LogP contribution in [0.4, 0.5) is 0 Å². The van der Waals surface area contributed by atoms with Crippen molar-refractivity contribution in [2.24, 2.45) is 0 Å². The lowest BCUT2D eigenvalue weighted by Gasteiger charge is -1.97. The number of halogens is 1. The normalized spacial score (nSPS) is 11.4. The average Bonchev–Trinajstić information content (AvgIpc) is 2.05. The van der Waals surface area contributed by atoms with Gasteiger partial charge in [0.1, 0.15) is 0 Å². The summed E-state index contributed by atoms with van der Waals surface area (Å²) in [6, 6.07) is 9.42. The second-order valence-corrected chi connectivity index (χ2v) is 3.15. The predicted molar refractivity (Wildman–Crippen MR) is 53.5 cm³/mol. The number of rotatable bonds is 2. The highest BCUT2D eigenvalue weighted by Gasteiger charge is 2.03. The van der Waals surface area contributed by atoms with E-state index in [0.29, 0.717) is 4.48 Å². The summed E-state index contributed by atoms with van der Waals surface area (Å²) >= 11 is 3.23. The largest absolute Gasteiger partial charge is 0.481 e. The van der Waals surface area contributed by atoms with Crippen molar-refractivity contribution in [3.05, 3.63) is 41.9 Å². The molecule has 1 aromatic rings. The number of hydrogen-bond donors (Lipinski definition) is 2. The van der Waals surface area contributed by atoms with Gasteiger partial charge in [-0.25, -0.2) is 0 Å². The Morgan fingerprint density at radius 2 is 1.83 bits per heavy atom. The van der Waals surface area contributed by atoms with Crippen molar-refractivity contribution in [3.63, 3.8) is 0 Å². The molecule has 0 heterocycles. The summed E-state index contributed by atoms with van der Waals surface area (Å²) in [7, 11) is -1.42. The molecule has 0 atom stereocenters. The minimum atomic E-state index is -1.42. The van der Waals surface area contributed by atoms with Gasteiger partial charge in [0, 0.05) is 4.48 Å². The van der Waals surface area contributed by atoms with E-state index in [9.17, 15) is 0 Å². The van der Waals surface area contributed by atoms with E-state index in [1.54, 1.807) is 0 Å². The van der Waals surface area contributed by atoms with Crippen LogP contribution in [0, 0.1) is 0 Å². The van der Waals surface area contributed by atoms with Crippen molar-refractivity contribution in [3.8, 4) is 0 Å². The first-order valence-electron chi connectivity index (χ1n) is 3.49. The lowest BCUT2D eigenvalue weighted by Crippen LogP contribution is -2.06. The van der Waals surface area contributed by atoms with Gasteiger partial charge in [-0.2, -0.15) is 0 Å². The van der Waals surface area contributed by atoms with Crippen LogP contribution in [-0.4, -0.2) is 17.2 Å². The van der Waals surface area contributed by atoms with Gasteiger partial charge in [-0.15, -0.1) is 0 Å². The topological polar surface area (TPSA) is 40.5 Å². The van der Waals surface area contributed by atoms with Gasteiger partial charge in [-0.1, -0.05) is 46.3 Å². The SMILES string of the molecule is OB(O)/C=C(\Br)c1ccccc1. The minimum Gasteiger partial charge on any atom is -0.424 e. The Labute approximate surface area is 79.8 Å². The van der Waals surface area contributed by atoms with Gasteiger partial charge in [-0.3, -0.25) is 0 Å². The third-order valence-electron chi connectivity index (χ3n) is 1.34. The molecular weight excluding hydrogens is 219 g/mol. The van der Waals surface area contributed by atoms with Crippen LogP contribution in [0.3, 0.4) is 0 Å². The summed E-state index contributed by atoms with van der Waals surface area (Å²) in [5.74, 6) is 1.31. The number of benzene rings is 1. The zero-order chi connectivity index (χ0) is 8.97. The third-order valence-corrected chi connectivity index (χ3v) is 2.07. The van der Waals surface area contributed by atoms with Crippen LogP contribution in [0.15, 0.2) is 36.3 Å². The van der Waals surface area contributed by atoms with Crippen LogP contribution >= 0.6 is 15.9 Å². The van der Waals surface area contributed by atoms with E-state index >= 15 is 0 Å². The molecule has 0 aliphatic carbocycles. The Hall–Kier alpha value is -0.575. The van der Waals surface area contributed by atoms with Crippen LogP contribution in [-0.2, 0) is 0 Å². The van der Waals surface area contributed by atoms with E-state index in [-0.39, 0.29) is 0 Å². The van der Waals surface area contributed by atoms with Gasteiger partial charge in [-0.05, 0) is 11.5 Å². The summed E-state index contributed by atoms with van der Waals surface area (Å²) < 4.78 is 0.679. The highest BCUT2D eigenvalue weighted by Crippen LogP contribution is 2.19. The van der Waals surface area contributed by atoms with Crippen molar-refractivity contribution < 1.29 is 10.0 Å². The molecule has 12 heavy (non-hydrogen) atoms. The van der Waals surface area contributed by atoms with Gasteiger partial charge >= 0.3 is 7.12 Å². The zero-order valence-corrected chi connectivity index (χ0v) is 7.90. The first kappa shape index (κ1) is 9.51. The van der Waals surface area contributed by atoms with E-state index in [1.165, 1.54) is 5.98 Å². The van der Waals surface area contributed by atoms with Crippen molar-refractivity contribution in [1.29, 1.82) is 0 Å². The molecule has 2 N–H and O–H groups in total. The molecule has 4 heteroatoms. The first-order valence-corrected chi connectivity index (χ1v) is 4.28. The quantitative estimate of drug-likeness (QED) is 0.750. The van der Waals surface area contributed by atoms with Gasteiger partial charge < -0.3 is 10.0 Å². The van der Waals surface area contributed by atoms with E-state index < -0.39 is 7.12 Å². The Bertz CT molecular complexity index is 272. The molecule has 0 bridgehead atoms. The summed E-state index contributed by atoms with van der Waals surface area (Å²) in [6.45, 7) is 0. The molecule has 0 spiro atoms. The van der Waals surface area contributed by atoms with Gasteiger partial charge in [0.05, 0.1) is 0 Å². The van der Waals surface area contributed by atoms with Gasteiger partial charge in [0.15, 0.2) is 0 Å². The van der Waals surface area contributed by atoms with Crippen LogP contribution in [0.1, 0.15) is 5.56 Å². The zero-order valence-electron chi connectivity index (χ0n) is 6.31. The molecule has 0 saturated carbocycles. The Kier molecular flexibility index (Phi) is 3.53. The van der Waals surface area contributed by atoms with Crippen LogP contribution in [0.5, 0.6) is 0 Å². The molecule has 62 valence electrons. The standard InChI is InChI=1S/C8H8BBrO2/c10-8(6-9(11)12)7-4-2-1-3-5-7/h1-6,11-12H/b8-6-. The maximum atomic E-state index is 8.63. The molecule has 2 nitrogen and oxygen atoms in total. The lowest BCUT2D eigenvalue weighted by atomic mass is 9.91. The smallest absolute Gasteiger partial charge is 0.424 e. The Balaban J connectivity index is 2.85. The van der Waals surface area contributed by atoms with Crippen LogP contribution in [0.25, 0.3) is 4.48 Å². The third kappa shape index (κ3) is 2.81. The molecule has 0 amide bonds. The lowest BCUT2D eigenvalue weighted by molar-refractivity contribution is 0.424. The maximum Gasteiger partial charge on any atom is 0.481 e. The molecule has 1 aromatic carbocycles. The van der Waals surface area contributed by atoms with Crippen molar-refractivity contribution in [2.75, 3.05) is 0 Å². The van der Waals surface area contributed by atoms with E-state index in [4.69, 9.17) is 10.0 Å². The highest BCUT2D eigenvalue weighted by atomic mass is 79.9. The monoisotopic (exact) mass is 226 g/mol. The molecule has 0 fully saturated rings. The van der Waals surface area contributed by atoms with Gasteiger partial charge in [0.2, 0.25) is 0 Å². The fourth-order valence-electron chi connectivity index (χ4n) is 0.824. The Morgan fingerprint density at radius 3 is 2.33 bits per heavy atom. The summed E-state index contributed by atoms with van der Waals surface area (Å²) in [5, 5.41) is 17.3. The van der Waals surface area contributed by atoms with Gasteiger partial charge in [0.25, 0.3) is 0 Å². The fraction of sp³-hybridized carbons (Fsp3) is 0. The maximum absolute atomic E-state index is 8.63. The minimum absolute atomic E-state index is 0.679. The summed E-state index contributed by atoms with van der Waals surface area (Å²) in [4.78, 5) is 0. The highest BCUT2D eigenvalue weighted by molar-refractivity contribution is 9.15. The van der Waals surface area contributed by atoms with Crippen LogP contribution in [0.2, 0.25) is 0 Å². The number of hydrogen-bond acceptors (Lipinski definition) is 2. The van der Waals surface area contributed by atoms with E-state index in [0.717, 1.165) is 5.56 Å². The molecule has 0 radical (unpaired) electrons. The molecule has 0 aliphatic rings. The fourth-order valence-corrected chi connectivity index (χ4v) is 1.33. The first-order chi connectivity index (χ1) is 5.70. The predicted octanol–water partition coefficient (Wildman–Crippen LogP) is 1.43. The molecule has 0 aromatic heterocycles. The summed E-state index contributed by atoms with van der Waals surface area (Å²) in [6.07, 6.45) is 0. The van der Waals surface area contributed by atoms with E-state index in [2.05, 4.69) is 15.9 Å². The average molecular weight is 227 g/mol. The van der Waals surface area contributed by atoms with Crippen molar-refractivity contribution >= 4 is 27.5 Å². The van der Waals surface area contributed by atoms with Crippen molar-refractivity contribution in [1.82, 2.24) is 0 Å². The second kappa shape index (κ2) is 4.45. The van der Waals surface area contributed by atoms with E-state index in [1.807, 2.05) is 30.3 Å². The Morgan fingerprint density at radius 1 is 1.25 bits per heavy atom. The molecular formula is C8H8BBrO2. The molecule has 0 aliphatic heterocycles.